The molecule has 1 aromatic carbocycles. The molecular formula is C19H19F3N2O3. The monoisotopic (exact) mass is 380 g/mol. The number of pyridine rings is 1. The number of carbonyl (C=O) groups is 1. The molecule has 0 saturated carbocycles. The van der Waals surface area contributed by atoms with Gasteiger partial charge in [-0.2, -0.15) is 13.2 Å². The van der Waals surface area contributed by atoms with Crippen molar-refractivity contribution >= 4 is 11.7 Å². The Kier molecular flexibility index (Phi) is 6.92. The van der Waals surface area contributed by atoms with Gasteiger partial charge < -0.3 is 9.94 Å². The summed E-state index contributed by atoms with van der Waals surface area (Å²) in [6.45, 7) is 1.75. The van der Waals surface area contributed by atoms with E-state index in [0.29, 0.717) is 18.4 Å². The average molecular weight is 380 g/mol. The van der Waals surface area contributed by atoms with E-state index in [1.807, 2.05) is 0 Å². The molecule has 1 unspecified atom stereocenters. The highest BCUT2D eigenvalue weighted by Crippen LogP contribution is 2.30. The lowest BCUT2D eigenvalue weighted by atomic mass is 10.0. The van der Waals surface area contributed by atoms with Crippen molar-refractivity contribution in [3.8, 4) is 0 Å². The van der Waals surface area contributed by atoms with Crippen LogP contribution in [0.3, 0.4) is 0 Å². The fourth-order valence-electron chi connectivity index (χ4n) is 2.31. The van der Waals surface area contributed by atoms with Gasteiger partial charge in [-0.05, 0) is 37.1 Å². The molecule has 1 atom stereocenters. The van der Waals surface area contributed by atoms with Crippen LogP contribution in [0, 0.1) is 5.92 Å². The van der Waals surface area contributed by atoms with E-state index in [1.54, 1.807) is 25.3 Å². The first kappa shape index (κ1) is 20.4. The van der Waals surface area contributed by atoms with Gasteiger partial charge in [0.2, 0.25) is 0 Å². The molecule has 2 rings (SSSR count). The van der Waals surface area contributed by atoms with Crippen molar-refractivity contribution in [1.29, 1.82) is 0 Å². The summed E-state index contributed by atoms with van der Waals surface area (Å²) in [7, 11) is 0. The Morgan fingerprint density at radius 3 is 2.63 bits per heavy atom. The second-order valence-electron chi connectivity index (χ2n) is 5.97. The first-order valence-electron chi connectivity index (χ1n) is 8.30. The van der Waals surface area contributed by atoms with Gasteiger partial charge >= 0.3 is 12.1 Å². The SMILES string of the molecule is CC(CCCO/N=C(\c1cccnc1)c1cccc(C(F)(F)F)c1)C(=O)O. The van der Waals surface area contributed by atoms with Crippen LogP contribution in [0.1, 0.15) is 36.5 Å². The van der Waals surface area contributed by atoms with Gasteiger partial charge in [-0.15, -0.1) is 0 Å². The summed E-state index contributed by atoms with van der Waals surface area (Å²) in [5.74, 6) is -1.39. The number of aromatic nitrogens is 1. The molecule has 8 heteroatoms. The van der Waals surface area contributed by atoms with Crippen molar-refractivity contribution in [3.05, 3.63) is 65.5 Å². The van der Waals surface area contributed by atoms with E-state index >= 15 is 0 Å². The van der Waals surface area contributed by atoms with E-state index in [4.69, 9.17) is 9.94 Å². The Bertz CT molecular complexity index is 792. The average Bonchev–Trinajstić information content (AvgIpc) is 2.64. The largest absolute Gasteiger partial charge is 0.481 e. The normalized spacial score (nSPS) is 13.3. The summed E-state index contributed by atoms with van der Waals surface area (Å²) in [5, 5.41) is 12.8. The molecule has 144 valence electrons. The molecule has 2 aromatic rings. The van der Waals surface area contributed by atoms with Crippen molar-refractivity contribution in [2.45, 2.75) is 25.9 Å². The summed E-state index contributed by atoms with van der Waals surface area (Å²) in [6, 6.07) is 8.12. The third-order valence-corrected chi connectivity index (χ3v) is 3.85. The number of hydrogen-bond donors (Lipinski definition) is 1. The number of rotatable bonds is 8. The highest BCUT2D eigenvalue weighted by atomic mass is 19.4. The maximum absolute atomic E-state index is 13.0. The van der Waals surface area contributed by atoms with Crippen LogP contribution in [0.25, 0.3) is 0 Å². The van der Waals surface area contributed by atoms with Crippen LogP contribution in [0.2, 0.25) is 0 Å². The van der Waals surface area contributed by atoms with Crippen LogP contribution in [0.15, 0.2) is 53.9 Å². The fourth-order valence-corrected chi connectivity index (χ4v) is 2.31. The minimum Gasteiger partial charge on any atom is -0.481 e. The maximum Gasteiger partial charge on any atom is 0.416 e. The highest BCUT2D eigenvalue weighted by Gasteiger charge is 2.30. The van der Waals surface area contributed by atoms with Crippen molar-refractivity contribution in [1.82, 2.24) is 4.98 Å². The number of alkyl halides is 3. The Labute approximate surface area is 154 Å². The van der Waals surface area contributed by atoms with Gasteiger partial charge in [0.15, 0.2) is 0 Å². The highest BCUT2D eigenvalue weighted by molar-refractivity contribution is 6.12. The first-order chi connectivity index (χ1) is 12.8. The lowest BCUT2D eigenvalue weighted by Gasteiger charge is -2.11. The van der Waals surface area contributed by atoms with Gasteiger partial charge in [0.25, 0.3) is 0 Å². The maximum atomic E-state index is 13.0. The van der Waals surface area contributed by atoms with E-state index in [2.05, 4.69) is 10.1 Å². The van der Waals surface area contributed by atoms with Crippen LogP contribution in [0.4, 0.5) is 13.2 Å². The van der Waals surface area contributed by atoms with Gasteiger partial charge in [0.1, 0.15) is 12.3 Å². The lowest BCUT2D eigenvalue weighted by Crippen LogP contribution is -2.11. The lowest BCUT2D eigenvalue weighted by molar-refractivity contribution is -0.141. The van der Waals surface area contributed by atoms with Crippen molar-refractivity contribution in [3.63, 3.8) is 0 Å². The summed E-state index contributed by atoms with van der Waals surface area (Å²) in [6.07, 6.45) is -0.573. The zero-order chi connectivity index (χ0) is 19.9. The van der Waals surface area contributed by atoms with Crippen molar-refractivity contribution < 1.29 is 27.9 Å². The smallest absolute Gasteiger partial charge is 0.416 e. The molecule has 1 N–H and O–H groups in total. The number of hydrogen-bond acceptors (Lipinski definition) is 4. The van der Waals surface area contributed by atoms with E-state index in [9.17, 15) is 18.0 Å². The second-order valence-corrected chi connectivity index (χ2v) is 5.97. The predicted molar refractivity (Wildman–Crippen MR) is 93.3 cm³/mol. The predicted octanol–water partition coefficient (Wildman–Crippen LogP) is 4.37. The molecule has 0 bridgehead atoms. The van der Waals surface area contributed by atoms with Crippen LogP contribution in [-0.2, 0) is 15.8 Å². The Balaban J connectivity index is 2.19. The zero-order valence-electron chi connectivity index (χ0n) is 14.6. The molecule has 0 saturated heterocycles. The summed E-state index contributed by atoms with van der Waals surface area (Å²) >= 11 is 0. The van der Waals surface area contributed by atoms with E-state index in [-0.39, 0.29) is 17.9 Å². The van der Waals surface area contributed by atoms with Crippen LogP contribution in [0.5, 0.6) is 0 Å². The Hall–Kier alpha value is -2.90. The topological polar surface area (TPSA) is 71.8 Å². The van der Waals surface area contributed by atoms with Gasteiger partial charge in [-0.25, -0.2) is 0 Å². The van der Waals surface area contributed by atoms with Crippen LogP contribution < -0.4 is 0 Å². The van der Waals surface area contributed by atoms with E-state index in [1.165, 1.54) is 18.3 Å². The molecule has 27 heavy (non-hydrogen) atoms. The fraction of sp³-hybridized carbons (Fsp3) is 0.316. The molecule has 0 aliphatic carbocycles. The third-order valence-electron chi connectivity index (χ3n) is 3.85. The molecule has 0 amide bonds. The molecule has 0 aliphatic heterocycles. The van der Waals surface area contributed by atoms with Gasteiger partial charge in [0.05, 0.1) is 11.5 Å². The molecule has 1 heterocycles. The van der Waals surface area contributed by atoms with Gasteiger partial charge in [-0.1, -0.05) is 24.2 Å². The molecule has 0 fully saturated rings. The molecule has 1 aromatic heterocycles. The van der Waals surface area contributed by atoms with Gasteiger partial charge in [-0.3, -0.25) is 9.78 Å². The molecular weight excluding hydrogens is 361 g/mol. The van der Waals surface area contributed by atoms with Crippen molar-refractivity contribution in [2.75, 3.05) is 6.61 Å². The minimum atomic E-state index is -4.47. The Morgan fingerprint density at radius 1 is 1.26 bits per heavy atom. The summed E-state index contributed by atoms with van der Waals surface area (Å²) in [5.41, 5.74) is 0.194. The first-order valence-corrected chi connectivity index (χ1v) is 8.30. The zero-order valence-corrected chi connectivity index (χ0v) is 14.6. The Morgan fingerprint density at radius 2 is 2.00 bits per heavy atom. The number of oxime groups is 1. The quantitative estimate of drug-likeness (QED) is 0.419. The summed E-state index contributed by atoms with van der Waals surface area (Å²) in [4.78, 5) is 20.0. The van der Waals surface area contributed by atoms with Crippen LogP contribution >= 0.6 is 0 Å². The van der Waals surface area contributed by atoms with E-state index < -0.39 is 23.6 Å². The molecule has 0 spiro atoms. The van der Waals surface area contributed by atoms with Crippen LogP contribution in [-0.4, -0.2) is 28.4 Å². The number of benzene rings is 1. The number of carboxylic acid groups (broad SMARTS) is 1. The van der Waals surface area contributed by atoms with Gasteiger partial charge in [0, 0.05) is 23.5 Å². The second kappa shape index (κ2) is 9.16. The standard InChI is InChI=1S/C19H19F3N2O3/c1-13(18(25)26)5-4-10-27-24-17(15-7-3-9-23-12-15)14-6-2-8-16(11-14)19(20,21)22/h2-3,6-9,11-13H,4-5,10H2,1H3,(H,25,26)/b24-17-. The molecule has 0 radical (unpaired) electrons. The number of carboxylic acids is 1. The summed E-state index contributed by atoms with van der Waals surface area (Å²) < 4.78 is 39.0. The van der Waals surface area contributed by atoms with Crippen molar-refractivity contribution in [2.24, 2.45) is 11.1 Å². The number of aliphatic carboxylic acids is 1. The van der Waals surface area contributed by atoms with E-state index in [0.717, 1.165) is 12.1 Å². The minimum absolute atomic E-state index is 0.153. The molecule has 0 aliphatic rings. The number of halogens is 3. The molecule has 5 nitrogen and oxygen atoms in total. The third kappa shape index (κ3) is 6.09. The number of nitrogens with zero attached hydrogens (tertiary/aromatic N) is 2.